The number of nitrogens with zero attached hydrogens (tertiary/aromatic N) is 1. The van der Waals surface area contributed by atoms with Gasteiger partial charge in [-0.1, -0.05) is 12.1 Å². The van der Waals surface area contributed by atoms with Gasteiger partial charge in [0.15, 0.2) is 5.96 Å². The van der Waals surface area contributed by atoms with Crippen LogP contribution in [0.2, 0.25) is 0 Å². The maximum absolute atomic E-state index is 11.8. The SMILES string of the molecule is CCOC(=O)NC(CNC(=NC)NCc1ccc(C)cc1OCC1CC1)C1CC1.I. The first-order chi connectivity index (χ1) is 14.1. The van der Waals surface area contributed by atoms with Gasteiger partial charge >= 0.3 is 6.09 Å². The Labute approximate surface area is 196 Å². The lowest BCUT2D eigenvalue weighted by atomic mass is 10.1. The van der Waals surface area contributed by atoms with E-state index in [-0.39, 0.29) is 36.1 Å². The molecule has 3 rings (SSSR count). The molecule has 30 heavy (non-hydrogen) atoms. The summed E-state index contributed by atoms with van der Waals surface area (Å²) >= 11 is 0. The van der Waals surface area contributed by atoms with Crippen LogP contribution >= 0.6 is 24.0 Å². The molecular formula is C22H35IN4O3. The smallest absolute Gasteiger partial charge is 0.407 e. The summed E-state index contributed by atoms with van der Waals surface area (Å²) in [6.07, 6.45) is 4.47. The van der Waals surface area contributed by atoms with Crippen molar-refractivity contribution in [1.29, 1.82) is 0 Å². The van der Waals surface area contributed by atoms with Crippen LogP contribution in [-0.2, 0) is 11.3 Å². The molecular weight excluding hydrogens is 495 g/mol. The molecule has 1 amide bonds. The van der Waals surface area contributed by atoms with Crippen LogP contribution in [0.4, 0.5) is 4.79 Å². The van der Waals surface area contributed by atoms with Crippen LogP contribution < -0.4 is 20.7 Å². The summed E-state index contributed by atoms with van der Waals surface area (Å²) in [6, 6.07) is 6.35. The molecule has 1 unspecified atom stereocenters. The molecule has 2 aliphatic rings. The van der Waals surface area contributed by atoms with E-state index >= 15 is 0 Å². The van der Waals surface area contributed by atoms with E-state index in [9.17, 15) is 4.79 Å². The molecule has 0 heterocycles. The van der Waals surface area contributed by atoms with E-state index in [0.717, 1.165) is 36.7 Å². The summed E-state index contributed by atoms with van der Waals surface area (Å²) in [5.74, 6) is 2.87. The number of aliphatic imine (C=N–C) groups is 1. The van der Waals surface area contributed by atoms with Crippen molar-refractivity contribution in [2.75, 3.05) is 26.8 Å². The Morgan fingerprint density at radius 1 is 1.23 bits per heavy atom. The van der Waals surface area contributed by atoms with Gasteiger partial charge in [0.1, 0.15) is 5.75 Å². The Morgan fingerprint density at radius 3 is 2.63 bits per heavy atom. The van der Waals surface area contributed by atoms with E-state index in [4.69, 9.17) is 9.47 Å². The van der Waals surface area contributed by atoms with Gasteiger partial charge < -0.3 is 25.4 Å². The van der Waals surface area contributed by atoms with Gasteiger partial charge in [0, 0.05) is 25.7 Å². The highest BCUT2D eigenvalue weighted by atomic mass is 127. The van der Waals surface area contributed by atoms with Gasteiger partial charge in [0.05, 0.1) is 19.3 Å². The van der Waals surface area contributed by atoms with Crippen molar-refractivity contribution < 1.29 is 14.3 Å². The first-order valence-corrected chi connectivity index (χ1v) is 10.7. The first-order valence-electron chi connectivity index (χ1n) is 10.7. The highest BCUT2D eigenvalue weighted by Gasteiger charge is 2.32. The molecule has 1 aromatic carbocycles. The van der Waals surface area contributed by atoms with Crippen molar-refractivity contribution in [2.45, 2.75) is 52.1 Å². The molecule has 0 saturated heterocycles. The number of ether oxygens (including phenoxy) is 2. The Bertz CT molecular complexity index is 720. The van der Waals surface area contributed by atoms with Crippen LogP contribution in [0.3, 0.4) is 0 Å². The summed E-state index contributed by atoms with van der Waals surface area (Å²) < 4.78 is 11.1. The average molecular weight is 530 g/mol. The number of guanidine groups is 1. The van der Waals surface area contributed by atoms with E-state index in [1.165, 1.54) is 18.4 Å². The van der Waals surface area contributed by atoms with Gasteiger partial charge in [-0.2, -0.15) is 0 Å². The fourth-order valence-corrected chi connectivity index (χ4v) is 3.20. The van der Waals surface area contributed by atoms with Crippen molar-refractivity contribution in [3.8, 4) is 5.75 Å². The number of carbonyl (C=O) groups is 1. The molecule has 8 heteroatoms. The molecule has 0 aliphatic heterocycles. The van der Waals surface area contributed by atoms with Crippen LogP contribution in [0.1, 0.15) is 43.7 Å². The largest absolute Gasteiger partial charge is 0.493 e. The van der Waals surface area contributed by atoms with Crippen molar-refractivity contribution in [3.63, 3.8) is 0 Å². The van der Waals surface area contributed by atoms with Crippen LogP contribution in [0.25, 0.3) is 0 Å². The van der Waals surface area contributed by atoms with Gasteiger partial charge in [-0.25, -0.2) is 4.79 Å². The first kappa shape index (κ1) is 24.6. The maximum Gasteiger partial charge on any atom is 0.407 e. The monoisotopic (exact) mass is 530 g/mol. The second-order valence-electron chi connectivity index (χ2n) is 7.98. The zero-order valence-electron chi connectivity index (χ0n) is 18.2. The standard InChI is InChI=1S/C22H34N4O3.HI/c1-4-28-22(27)26-19(17-9-10-17)13-25-21(23-3)24-12-18-8-5-15(2)11-20(18)29-14-16-6-7-16;/h5,8,11,16-17,19H,4,6-7,9-10,12-14H2,1-3H3,(H,26,27)(H2,23,24,25);1H. The summed E-state index contributed by atoms with van der Waals surface area (Å²) in [4.78, 5) is 16.1. The molecule has 7 nitrogen and oxygen atoms in total. The highest BCUT2D eigenvalue weighted by Crippen LogP contribution is 2.32. The average Bonchev–Trinajstić information content (AvgIpc) is 3.61. The molecule has 0 bridgehead atoms. The lowest BCUT2D eigenvalue weighted by Gasteiger charge is -2.20. The maximum atomic E-state index is 11.8. The predicted octanol–water partition coefficient (Wildman–Crippen LogP) is 3.59. The minimum atomic E-state index is -0.355. The van der Waals surface area contributed by atoms with Crippen molar-refractivity contribution in [2.24, 2.45) is 16.8 Å². The molecule has 3 N–H and O–H groups in total. The van der Waals surface area contributed by atoms with E-state index in [0.29, 0.717) is 31.6 Å². The second-order valence-corrected chi connectivity index (χ2v) is 7.98. The molecule has 1 atom stereocenters. The number of carbonyl (C=O) groups excluding carboxylic acids is 1. The molecule has 2 aliphatic carbocycles. The molecule has 0 radical (unpaired) electrons. The fraction of sp³-hybridized carbons (Fsp3) is 0.636. The second kappa shape index (κ2) is 12.2. The Hall–Kier alpha value is -1.71. The molecule has 2 saturated carbocycles. The zero-order valence-corrected chi connectivity index (χ0v) is 20.5. The quantitative estimate of drug-likeness (QED) is 0.245. The number of hydrogen-bond donors (Lipinski definition) is 3. The third-order valence-electron chi connectivity index (χ3n) is 5.32. The topological polar surface area (TPSA) is 84.0 Å². The number of rotatable bonds is 10. The Kier molecular flexibility index (Phi) is 10.0. The predicted molar refractivity (Wildman–Crippen MR) is 130 cm³/mol. The summed E-state index contributed by atoms with van der Waals surface area (Å²) in [7, 11) is 1.75. The van der Waals surface area contributed by atoms with E-state index < -0.39 is 0 Å². The minimum Gasteiger partial charge on any atom is -0.493 e. The van der Waals surface area contributed by atoms with Crippen LogP contribution in [-0.4, -0.2) is 44.9 Å². The lowest BCUT2D eigenvalue weighted by Crippen LogP contribution is -2.48. The number of amides is 1. The van der Waals surface area contributed by atoms with Crippen LogP contribution in [0, 0.1) is 18.8 Å². The van der Waals surface area contributed by atoms with Gasteiger partial charge in [-0.15, -0.1) is 24.0 Å². The molecule has 2 fully saturated rings. The fourth-order valence-electron chi connectivity index (χ4n) is 3.20. The third-order valence-corrected chi connectivity index (χ3v) is 5.32. The minimum absolute atomic E-state index is 0. The van der Waals surface area contributed by atoms with Gasteiger partial charge in [0.25, 0.3) is 0 Å². The van der Waals surface area contributed by atoms with Crippen LogP contribution in [0.15, 0.2) is 23.2 Å². The van der Waals surface area contributed by atoms with Gasteiger partial charge in [-0.3, -0.25) is 4.99 Å². The van der Waals surface area contributed by atoms with Crippen molar-refractivity contribution >= 4 is 36.0 Å². The number of alkyl carbamates (subject to hydrolysis) is 1. The zero-order chi connectivity index (χ0) is 20.6. The van der Waals surface area contributed by atoms with Crippen molar-refractivity contribution in [1.82, 2.24) is 16.0 Å². The number of benzene rings is 1. The summed E-state index contributed by atoms with van der Waals surface area (Å²) in [5, 5.41) is 9.64. The number of nitrogens with one attached hydrogen (secondary N) is 3. The molecule has 0 spiro atoms. The van der Waals surface area contributed by atoms with Gasteiger partial charge in [0.2, 0.25) is 0 Å². The number of hydrogen-bond acceptors (Lipinski definition) is 4. The third kappa shape index (κ3) is 8.20. The molecule has 0 aromatic heterocycles. The van der Waals surface area contributed by atoms with Crippen molar-refractivity contribution in [3.05, 3.63) is 29.3 Å². The molecule has 1 aromatic rings. The van der Waals surface area contributed by atoms with Gasteiger partial charge in [-0.05, 0) is 63.0 Å². The molecule has 168 valence electrons. The number of halogens is 1. The Morgan fingerprint density at radius 2 is 2.00 bits per heavy atom. The summed E-state index contributed by atoms with van der Waals surface area (Å²) in [6.45, 7) is 6.30. The van der Waals surface area contributed by atoms with E-state index in [2.05, 4.69) is 46.1 Å². The highest BCUT2D eigenvalue weighted by molar-refractivity contribution is 14.0. The lowest BCUT2D eigenvalue weighted by molar-refractivity contribution is 0.146. The van der Waals surface area contributed by atoms with E-state index in [1.807, 2.05) is 6.92 Å². The van der Waals surface area contributed by atoms with E-state index in [1.54, 1.807) is 7.05 Å². The van der Waals surface area contributed by atoms with Crippen LogP contribution in [0.5, 0.6) is 5.75 Å². The number of aryl methyl sites for hydroxylation is 1. The normalized spacial score (nSPS) is 16.8. The Balaban J connectivity index is 0.00000320. The summed E-state index contributed by atoms with van der Waals surface area (Å²) in [5.41, 5.74) is 2.31.